The van der Waals surface area contributed by atoms with Crippen LogP contribution in [0.25, 0.3) is 6.08 Å². The average molecular weight is 439 g/mol. The van der Waals surface area contributed by atoms with Gasteiger partial charge in [-0.25, -0.2) is 4.79 Å². The number of amides is 2. The fourth-order valence-electron chi connectivity index (χ4n) is 2.96. The van der Waals surface area contributed by atoms with E-state index in [1.165, 1.54) is 17.1 Å². The number of ether oxygens (including phenoxy) is 1. The van der Waals surface area contributed by atoms with Crippen molar-refractivity contribution in [1.82, 2.24) is 4.90 Å². The summed E-state index contributed by atoms with van der Waals surface area (Å²) in [7, 11) is 3.35. The summed E-state index contributed by atoms with van der Waals surface area (Å²) in [4.78, 5) is 38.3. The van der Waals surface area contributed by atoms with Crippen molar-refractivity contribution in [3.05, 3.63) is 46.0 Å². The Morgan fingerprint density at radius 1 is 1.17 bits per heavy atom. The molecule has 0 saturated heterocycles. The Labute approximate surface area is 180 Å². The molecule has 1 aromatic carbocycles. The molecule has 6 nitrogen and oxygen atoms in total. The molecule has 8 heteroatoms. The van der Waals surface area contributed by atoms with Gasteiger partial charge in [0.2, 0.25) is 5.91 Å². The quantitative estimate of drug-likeness (QED) is 0.396. The molecule has 2 amide bonds. The van der Waals surface area contributed by atoms with Crippen LogP contribution in [-0.2, 0) is 19.1 Å². The molecule has 1 aliphatic rings. The number of esters is 1. The lowest BCUT2D eigenvalue weighted by molar-refractivity contribution is -0.137. The molecule has 1 aromatic rings. The number of hydrogen-bond acceptors (Lipinski definition) is 4. The van der Waals surface area contributed by atoms with Crippen molar-refractivity contribution in [3.8, 4) is 0 Å². The lowest BCUT2D eigenvalue weighted by Gasteiger charge is -2.22. The Bertz CT molecular complexity index is 847. The first-order valence-corrected chi connectivity index (χ1v) is 10.2. The Balaban J connectivity index is 2.19. The van der Waals surface area contributed by atoms with Crippen molar-refractivity contribution in [2.75, 3.05) is 31.9 Å². The van der Waals surface area contributed by atoms with Crippen molar-refractivity contribution in [2.45, 2.75) is 25.7 Å². The zero-order valence-corrected chi connectivity index (χ0v) is 18.0. The highest BCUT2D eigenvalue weighted by molar-refractivity contribution is 6.32. The van der Waals surface area contributed by atoms with Gasteiger partial charge in [0.15, 0.2) is 0 Å². The van der Waals surface area contributed by atoms with E-state index in [1.54, 1.807) is 32.3 Å². The number of carbonyl (C=O) groups excluding carboxylic acids is 3. The number of rotatable bonds is 7. The minimum Gasteiger partial charge on any atom is -0.461 e. The first kappa shape index (κ1) is 23.0. The zero-order valence-electron chi connectivity index (χ0n) is 16.5. The summed E-state index contributed by atoms with van der Waals surface area (Å²) >= 11 is 11.7. The van der Waals surface area contributed by atoms with Gasteiger partial charge in [-0.1, -0.05) is 11.6 Å². The molecular formula is C21H24Cl2N2O4. The minimum absolute atomic E-state index is 0.123. The van der Waals surface area contributed by atoms with Gasteiger partial charge in [0.25, 0.3) is 5.91 Å². The van der Waals surface area contributed by atoms with Crippen LogP contribution in [0.1, 0.15) is 31.2 Å². The Morgan fingerprint density at radius 2 is 1.86 bits per heavy atom. The van der Waals surface area contributed by atoms with Crippen molar-refractivity contribution in [1.29, 1.82) is 0 Å². The van der Waals surface area contributed by atoms with Crippen LogP contribution in [0.3, 0.4) is 0 Å². The Morgan fingerprint density at radius 3 is 2.52 bits per heavy atom. The second-order valence-corrected chi connectivity index (χ2v) is 7.53. The van der Waals surface area contributed by atoms with Crippen molar-refractivity contribution >= 4 is 52.7 Å². The van der Waals surface area contributed by atoms with Gasteiger partial charge in [-0.15, -0.1) is 11.6 Å². The second-order valence-electron chi connectivity index (χ2n) is 6.74. The van der Waals surface area contributed by atoms with E-state index in [9.17, 15) is 14.4 Å². The van der Waals surface area contributed by atoms with E-state index in [1.807, 2.05) is 0 Å². The molecule has 1 aliphatic carbocycles. The molecule has 0 fully saturated rings. The highest BCUT2D eigenvalue weighted by atomic mass is 35.5. The number of nitrogens with one attached hydrogen (secondary N) is 1. The smallest absolute Gasteiger partial charge is 0.330 e. The summed E-state index contributed by atoms with van der Waals surface area (Å²) in [6.07, 6.45) is 5.67. The molecule has 0 radical (unpaired) electrons. The molecule has 0 unspecified atom stereocenters. The van der Waals surface area contributed by atoms with Crippen LogP contribution >= 0.6 is 23.2 Å². The zero-order chi connectivity index (χ0) is 21.4. The van der Waals surface area contributed by atoms with Crippen LogP contribution in [0.5, 0.6) is 0 Å². The molecule has 0 saturated carbocycles. The van der Waals surface area contributed by atoms with E-state index in [4.69, 9.17) is 27.9 Å². The summed E-state index contributed by atoms with van der Waals surface area (Å²) in [6.45, 7) is 0.123. The van der Waals surface area contributed by atoms with E-state index in [0.29, 0.717) is 40.3 Å². The van der Waals surface area contributed by atoms with Crippen LogP contribution in [0.4, 0.5) is 5.69 Å². The molecule has 156 valence electrons. The summed E-state index contributed by atoms with van der Waals surface area (Å²) in [5.74, 6) is -0.746. The van der Waals surface area contributed by atoms with E-state index in [0.717, 1.165) is 12.8 Å². The summed E-state index contributed by atoms with van der Waals surface area (Å²) in [5.41, 5.74) is 2.15. The molecule has 0 aromatic heterocycles. The van der Waals surface area contributed by atoms with Crippen LogP contribution < -0.4 is 5.32 Å². The predicted octanol–water partition coefficient (Wildman–Crippen LogP) is 4.03. The van der Waals surface area contributed by atoms with E-state index in [-0.39, 0.29) is 24.3 Å². The van der Waals surface area contributed by atoms with Gasteiger partial charge in [-0.2, -0.15) is 0 Å². The third kappa shape index (κ3) is 6.61. The fourth-order valence-corrected chi connectivity index (χ4v) is 3.22. The third-order valence-electron chi connectivity index (χ3n) is 4.38. The van der Waals surface area contributed by atoms with Gasteiger partial charge < -0.3 is 15.0 Å². The number of likely N-dealkylation sites (N-methyl/N-ethyl adjacent to an activating group) is 1. The number of benzene rings is 1. The van der Waals surface area contributed by atoms with Crippen molar-refractivity contribution < 1.29 is 19.1 Å². The number of halogens is 2. The van der Waals surface area contributed by atoms with Crippen LogP contribution in [-0.4, -0.2) is 49.3 Å². The van der Waals surface area contributed by atoms with Crippen molar-refractivity contribution in [3.63, 3.8) is 0 Å². The summed E-state index contributed by atoms with van der Waals surface area (Å²) in [6, 6.07) is 4.95. The molecular weight excluding hydrogens is 415 g/mol. The fraction of sp³-hybridized carbons (Fsp3) is 0.381. The van der Waals surface area contributed by atoms with Gasteiger partial charge in [-0.3, -0.25) is 9.59 Å². The average Bonchev–Trinajstić information content (AvgIpc) is 2.71. The molecule has 0 heterocycles. The first-order chi connectivity index (χ1) is 13.8. The lowest BCUT2D eigenvalue weighted by Crippen LogP contribution is -2.28. The second kappa shape index (κ2) is 11.0. The maximum Gasteiger partial charge on any atom is 0.330 e. The highest BCUT2D eigenvalue weighted by Crippen LogP contribution is 2.28. The number of hydrogen-bond donors (Lipinski definition) is 1. The van der Waals surface area contributed by atoms with E-state index < -0.39 is 5.97 Å². The minimum atomic E-state index is -0.532. The van der Waals surface area contributed by atoms with Gasteiger partial charge in [0, 0.05) is 42.0 Å². The molecule has 0 aliphatic heterocycles. The molecule has 1 N–H and O–H groups in total. The van der Waals surface area contributed by atoms with E-state index >= 15 is 0 Å². The number of alkyl halides is 1. The van der Waals surface area contributed by atoms with Crippen LogP contribution in [0.15, 0.2) is 35.4 Å². The first-order valence-electron chi connectivity index (χ1n) is 9.29. The van der Waals surface area contributed by atoms with E-state index in [2.05, 4.69) is 5.32 Å². The summed E-state index contributed by atoms with van der Waals surface area (Å²) in [5, 5.41) is 3.25. The maximum atomic E-state index is 12.8. The lowest BCUT2D eigenvalue weighted by atomic mass is 9.90. The largest absolute Gasteiger partial charge is 0.461 e. The number of anilines is 1. The molecule has 2 rings (SSSR count). The molecule has 0 atom stereocenters. The SMILES string of the molecule is CN(C)C(=O)C1=C(C(=O)Nc2ccc(Cl)c(C=CC(=O)OCCCl)c2)CCCC1. The molecule has 0 spiro atoms. The standard InChI is InChI=1S/C21H24Cl2N2O4/c1-25(2)21(28)17-6-4-3-5-16(17)20(27)24-15-8-9-18(23)14(13-15)7-10-19(26)29-12-11-22/h7-10,13H,3-6,11-12H2,1-2H3,(H,24,27). The Kier molecular flexibility index (Phi) is 8.73. The molecule has 0 bridgehead atoms. The maximum absolute atomic E-state index is 12.8. The Hall–Kier alpha value is -2.31. The molecule has 29 heavy (non-hydrogen) atoms. The van der Waals surface area contributed by atoms with Crippen molar-refractivity contribution in [2.24, 2.45) is 0 Å². The van der Waals surface area contributed by atoms with Gasteiger partial charge in [-0.05, 0) is 55.5 Å². The van der Waals surface area contributed by atoms with Gasteiger partial charge in [0.1, 0.15) is 6.61 Å². The summed E-state index contributed by atoms with van der Waals surface area (Å²) < 4.78 is 4.87. The third-order valence-corrected chi connectivity index (χ3v) is 4.88. The van der Waals surface area contributed by atoms with Gasteiger partial charge in [0.05, 0.1) is 5.88 Å². The highest BCUT2D eigenvalue weighted by Gasteiger charge is 2.25. The predicted molar refractivity (Wildman–Crippen MR) is 115 cm³/mol. The van der Waals surface area contributed by atoms with Gasteiger partial charge >= 0.3 is 5.97 Å². The monoisotopic (exact) mass is 438 g/mol. The van der Waals surface area contributed by atoms with Crippen LogP contribution in [0, 0.1) is 0 Å². The topological polar surface area (TPSA) is 75.7 Å². The number of carbonyl (C=O) groups is 3. The normalized spacial score (nSPS) is 14.1. The number of nitrogens with zero attached hydrogens (tertiary/aromatic N) is 1. The van der Waals surface area contributed by atoms with Crippen LogP contribution in [0.2, 0.25) is 5.02 Å².